The van der Waals surface area contributed by atoms with Crippen molar-refractivity contribution in [3.63, 3.8) is 0 Å². The van der Waals surface area contributed by atoms with E-state index < -0.39 is 33.1 Å². The third kappa shape index (κ3) is 6.64. The van der Waals surface area contributed by atoms with Crippen LogP contribution in [0.5, 0.6) is 0 Å². The van der Waals surface area contributed by atoms with E-state index in [1.54, 1.807) is 12.1 Å². The lowest BCUT2D eigenvalue weighted by Crippen LogP contribution is -2.30. The maximum Gasteiger partial charge on any atom is 0.321 e. The normalized spacial score (nSPS) is 11.2. The molecule has 0 aliphatic carbocycles. The molecule has 0 atom stereocenters. The van der Waals surface area contributed by atoms with Gasteiger partial charge in [0.15, 0.2) is 0 Å². The van der Waals surface area contributed by atoms with Crippen molar-refractivity contribution in [2.75, 3.05) is 11.9 Å². The third-order valence-electron chi connectivity index (χ3n) is 4.60. The molecule has 0 radical (unpaired) electrons. The number of esters is 1. The minimum atomic E-state index is -4.18. The number of carbonyl (C=O) groups excluding carboxylic acids is 1. The zero-order valence-electron chi connectivity index (χ0n) is 18.0. The number of rotatable bonds is 10. The number of ether oxygens (including phenoxy) is 1. The zero-order chi connectivity index (χ0) is 24.0. The topological polar surface area (TPSA) is 141 Å². The summed E-state index contributed by atoms with van der Waals surface area (Å²) < 4.78 is 37.5. The highest BCUT2D eigenvalue weighted by molar-refractivity contribution is 7.89. The van der Waals surface area contributed by atoms with Gasteiger partial charge in [-0.1, -0.05) is 29.3 Å². The fraction of sp³-hybridized carbons (Fsp3) is 0.227. The smallest absolute Gasteiger partial charge is 0.321 e. The van der Waals surface area contributed by atoms with Gasteiger partial charge in [-0.15, -0.1) is 0 Å². The summed E-state index contributed by atoms with van der Waals surface area (Å²) in [5.41, 5.74) is 2.53. The van der Waals surface area contributed by atoms with Crippen LogP contribution in [0.3, 0.4) is 0 Å². The summed E-state index contributed by atoms with van der Waals surface area (Å²) in [6, 6.07) is 12.5. The van der Waals surface area contributed by atoms with Crippen LogP contribution in [-0.2, 0) is 32.7 Å². The van der Waals surface area contributed by atoms with Gasteiger partial charge in [0.05, 0.1) is 22.6 Å². The van der Waals surface area contributed by atoms with Crippen LogP contribution >= 0.6 is 0 Å². The van der Waals surface area contributed by atoms with Crippen molar-refractivity contribution < 1.29 is 27.3 Å². The molecule has 33 heavy (non-hydrogen) atoms. The first-order chi connectivity index (χ1) is 15.6. The van der Waals surface area contributed by atoms with E-state index in [1.165, 1.54) is 18.4 Å². The predicted octanol–water partition coefficient (Wildman–Crippen LogP) is 3.44. The van der Waals surface area contributed by atoms with Gasteiger partial charge in [0.1, 0.15) is 24.6 Å². The molecule has 11 heteroatoms. The monoisotopic (exact) mass is 473 g/mol. The SMILES string of the molecule is Cc1cc(C)cc(COC(=O)CNS(=O)(=O)c2ccc(NCc3ccco3)c([N+](=O)[O-])c2)c1. The molecule has 0 bridgehead atoms. The average molecular weight is 474 g/mol. The van der Waals surface area contributed by atoms with E-state index in [4.69, 9.17) is 9.15 Å². The molecule has 1 aromatic heterocycles. The van der Waals surface area contributed by atoms with Crippen molar-refractivity contribution in [2.45, 2.75) is 31.9 Å². The molecule has 10 nitrogen and oxygen atoms in total. The first-order valence-electron chi connectivity index (χ1n) is 9.91. The number of hydrogen-bond donors (Lipinski definition) is 2. The maximum absolute atomic E-state index is 12.6. The lowest BCUT2D eigenvalue weighted by atomic mass is 10.1. The second kappa shape index (κ2) is 10.3. The molecule has 2 aromatic carbocycles. The Morgan fingerprint density at radius 1 is 1.12 bits per heavy atom. The second-order valence-corrected chi connectivity index (χ2v) is 9.12. The molecule has 3 rings (SSSR count). The van der Waals surface area contributed by atoms with Crippen LogP contribution in [0.15, 0.2) is 64.1 Å². The van der Waals surface area contributed by atoms with Crippen molar-refractivity contribution in [3.05, 3.63) is 87.4 Å². The highest BCUT2D eigenvalue weighted by atomic mass is 32.2. The third-order valence-corrected chi connectivity index (χ3v) is 6.00. The Balaban J connectivity index is 1.63. The number of nitro benzene ring substituents is 1. The number of nitrogens with zero attached hydrogens (tertiary/aromatic N) is 1. The number of nitro groups is 1. The Bertz CT molecular complexity index is 1230. The van der Waals surface area contributed by atoms with Crippen molar-refractivity contribution in [1.29, 1.82) is 0 Å². The number of nitrogens with one attached hydrogen (secondary N) is 2. The van der Waals surface area contributed by atoms with E-state index in [2.05, 4.69) is 10.0 Å². The number of anilines is 1. The Morgan fingerprint density at radius 3 is 2.48 bits per heavy atom. The summed E-state index contributed by atoms with van der Waals surface area (Å²) in [7, 11) is -4.18. The minimum Gasteiger partial charge on any atom is -0.467 e. The van der Waals surface area contributed by atoms with Crippen LogP contribution in [0, 0.1) is 24.0 Å². The highest BCUT2D eigenvalue weighted by Gasteiger charge is 2.22. The molecule has 0 spiro atoms. The largest absolute Gasteiger partial charge is 0.467 e. The standard InChI is InChI=1S/C22H23N3O7S/c1-15-8-16(2)10-17(9-15)14-32-22(26)13-24-33(29,30)19-5-6-20(21(11-19)25(27)28)23-12-18-4-3-7-31-18/h3-11,23-24H,12-14H2,1-2H3. The number of furan rings is 1. The molecular weight excluding hydrogens is 450 g/mol. The summed E-state index contributed by atoms with van der Waals surface area (Å²) in [6.45, 7) is 3.42. The lowest BCUT2D eigenvalue weighted by Gasteiger charge is -2.10. The first-order valence-corrected chi connectivity index (χ1v) is 11.4. The number of benzene rings is 2. The Labute approximate surface area is 190 Å². The average Bonchev–Trinajstić information content (AvgIpc) is 3.27. The Morgan fingerprint density at radius 2 is 1.85 bits per heavy atom. The van der Waals surface area contributed by atoms with Gasteiger partial charge in [0.25, 0.3) is 5.69 Å². The maximum atomic E-state index is 12.6. The van der Waals surface area contributed by atoms with Gasteiger partial charge in [-0.2, -0.15) is 4.72 Å². The van der Waals surface area contributed by atoms with Gasteiger partial charge in [-0.05, 0) is 43.7 Å². The van der Waals surface area contributed by atoms with Crippen molar-refractivity contribution >= 4 is 27.4 Å². The first kappa shape index (κ1) is 24.0. The van der Waals surface area contributed by atoms with Gasteiger partial charge >= 0.3 is 5.97 Å². The van der Waals surface area contributed by atoms with Crippen LogP contribution in [-0.4, -0.2) is 25.9 Å². The second-order valence-electron chi connectivity index (χ2n) is 7.35. The van der Waals surface area contributed by atoms with Crippen molar-refractivity contribution in [2.24, 2.45) is 0 Å². The van der Waals surface area contributed by atoms with Gasteiger partial charge in [-0.25, -0.2) is 8.42 Å². The van der Waals surface area contributed by atoms with E-state index in [9.17, 15) is 23.3 Å². The molecule has 2 N–H and O–H groups in total. The van der Waals surface area contributed by atoms with E-state index in [0.29, 0.717) is 5.76 Å². The molecule has 0 fully saturated rings. The van der Waals surface area contributed by atoms with Crippen LogP contribution in [0.25, 0.3) is 0 Å². The Hall–Kier alpha value is -3.70. The van der Waals surface area contributed by atoms with E-state index in [1.807, 2.05) is 32.0 Å². The van der Waals surface area contributed by atoms with Crippen LogP contribution in [0.2, 0.25) is 0 Å². The zero-order valence-corrected chi connectivity index (χ0v) is 18.8. The summed E-state index contributed by atoms with van der Waals surface area (Å²) in [6.07, 6.45) is 1.47. The summed E-state index contributed by atoms with van der Waals surface area (Å²) in [5, 5.41) is 14.3. The summed E-state index contributed by atoms with van der Waals surface area (Å²) in [4.78, 5) is 22.4. The quantitative estimate of drug-likeness (QED) is 0.259. The molecule has 0 unspecified atom stereocenters. The summed E-state index contributed by atoms with van der Waals surface area (Å²) >= 11 is 0. The molecular formula is C22H23N3O7S. The molecule has 1 heterocycles. The minimum absolute atomic E-state index is 0.00455. The molecule has 0 aliphatic heterocycles. The molecule has 0 saturated carbocycles. The van der Waals surface area contributed by atoms with Crippen LogP contribution in [0.1, 0.15) is 22.5 Å². The molecule has 174 valence electrons. The predicted molar refractivity (Wildman–Crippen MR) is 120 cm³/mol. The van der Waals surface area contributed by atoms with Gasteiger partial charge in [0.2, 0.25) is 10.0 Å². The van der Waals surface area contributed by atoms with Crippen LogP contribution in [0.4, 0.5) is 11.4 Å². The number of aryl methyl sites for hydroxylation is 2. The van der Waals surface area contributed by atoms with E-state index in [0.717, 1.165) is 22.8 Å². The molecule has 0 amide bonds. The van der Waals surface area contributed by atoms with Gasteiger partial charge < -0.3 is 14.5 Å². The fourth-order valence-electron chi connectivity index (χ4n) is 3.18. The van der Waals surface area contributed by atoms with Crippen molar-refractivity contribution in [3.8, 4) is 0 Å². The summed E-state index contributed by atoms with van der Waals surface area (Å²) in [5.74, 6) is -0.217. The van der Waals surface area contributed by atoms with E-state index >= 15 is 0 Å². The lowest BCUT2D eigenvalue weighted by molar-refractivity contribution is -0.384. The van der Waals surface area contributed by atoms with Gasteiger partial charge in [0, 0.05) is 6.07 Å². The number of hydrogen-bond acceptors (Lipinski definition) is 8. The van der Waals surface area contributed by atoms with Gasteiger partial charge in [-0.3, -0.25) is 14.9 Å². The molecule has 0 aliphatic rings. The van der Waals surface area contributed by atoms with Crippen molar-refractivity contribution in [1.82, 2.24) is 4.72 Å². The number of sulfonamides is 1. The van der Waals surface area contributed by atoms with Crippen LogP contribution < -0.4 is 10.0 Å². The molecule has 0 saturated heterocycles. The Kier molecular flexibility index (Phi) is 7.46. The fourth-order valence-corrected chi connectivity index (χ4v) is 4.17. The van der Waals surface area contributed by atoms with E-state index in [-0.39, 0.29) is 23.7 Å². The highest BCUT2D eigenvalue weighted by Crippen LogP contribution is 2.28. The molecule has 3 aromatic rings. The number of carbonyl (C=O) groups is 1.